The smallest absolute Gasteiger partial charge is 0.320 e. The van der Waals surface area contributed by atoms with Gasteiger partial charge in [-0.2, -0.15) is 0 Å². The number of carbonyl (C=O) groups excluding carboxylic acids is 3. The van der Waals surface area contributed by atoms with Gasteiger partial charge in [0.15, 0.2) is 0 Å². The zero-order chi connectivity index (χ0) is 27.2. The Morgan fingerprint density at radius 2 is 1.41 bits per heavy atom. The fraction of sp³-hybridized carbons (Fsp3) is 0.156. The number of carbonyl (C=O) groups is 3. The first kappa shape index (κ1) is 25.7. The Morgan fingerprint density at radius 1 is 0.744 bits per heavy atom. The van der Waals surface area contributed by atoms with E-state index in [1.807, 2.05) is 79.7 Å². The number of nitrogens with one attached hydrogen (secondary N) is 3. The van der Waals surface area contributed by atoms with Crippen molar-refractivity contribution in [2.45, 2.75) is 32.4 Å². The molecule has 1 aliphatic heterocycles. The first-order valence-corrected chi connectivity index (χ1v) is 13.0. The number of aryl methyl sites for hydroxylation is 2. The Hall–Kier alpha value is -4.91. The van der Waals surface area contributed by atoms with Gasteiger partial charge in [-0.25, -0.2) is 4.79 Å². The third kappa shape index (κ3) is 5.99. The Bertz CT molecular complexity index is 1490. The molecule has 0 aromatic heterocycles. The zero-order valence-corrected chi connectivity index (χ0v) is 21.7. The van der Waals surface area contributed by atoms with Crippen molar-refractivity contribution in [3.05, 3.63) is 125 Å². The van der Waals surface area contributed by atoms with Crippen LogP contribution in [-0.2, 0) is 6.42 Å². The van der Waals surface area contributed by atoms with Gasteiger partial charge < -0.3 is 16.0 Å². The molecule has 0 aliphatic carbocycles. The van der Waals surface area contributed by atoms with E-state index < -0.39 is 6.17 Å². The highest BCUT2D eigenvalue weighted by Gasteiger charge is 2.31. The summed E-state index contributed by atoms with van der Waals surface area (Å²) < 4.78 is 0. The highest BCUT2D eigenvalue weighted by Crippen LogP contribution is 2.30. The fourth-order valence-electron chi connectivity index (χ4n) is 4.83. The van der Waals surface area contributed by atoms with E-state index in [-0.39, 0.29) is 17.8 Å². The summed E-state index contributed by atoms with van der Waals surface area (Å²) in [5, 5.41) is 8.75. The van der Waals surface area contributed by atoms with Crippen LogP contribution in [0.4, 0.5) is 21.9 Å². The van der Waals surface area contributed by atoms with Gasteiger partial charge in [-0.05, 0) is 85.8 Å². The molecule has 3 N–H and O–H groups in total. The molecule has 4 aromatic carbocycles. The quantitative estimate of drug-likeness (QED) is 0.286. The Balaban J connectivity index is 1.37. The third-order valence-electron chi connectivity index (χ3n) is 6.81. The molecule has 196 valence electrons. The number of nitrogens with zero attached hydrogens (tertiary/aromatic N) is 1. The molecule has 7 heteroatoms. The summed E-state index contributed by atoms with van der Waals surface area (Å²) in [5.74, 6) is -0.437. The summed E-state index contributed by atoms with van der Waals surface area (Å²) in [6.45, 7) is 1.89. The molecule has 0 saturated carbocycles. The predicted octanol–water partition coefficient (Wildman–Crippen LogP) is 6.38. The van der Waals surface area contributed by atoms with Gasteiger partial charge in [0, 0.05) is 28.2 Å². The number of anilines is 3. The van der Waals surface area contributed by atoms with Gasteiger partial charge in [-0.1, -0.05) is 54.6 Å². The molecule has 39 heavy (non-hydrogen) atoms. The maximum absolute atomic E-state index is 13.9. The molecule has 7 nitrogen and oxygen atoms in total. The van der Waals surface area contributed by atoms with E-state index in [9.17, 15) is 14.4 Å². The van der Waals surface area contributed by atoms with Crippen molar-refractivity contribution in [3.8, 4) is 0 Å². The van der Waals surface area contributed by atoms with Crippen molar-refractivity contribution in [1.29, 1.82) is 0 Å². The molecule has 1 unspecified atom stereocenters. The average molecular weight is 519 g/mol. The first-order chi connectivity index (χ1) is 19.0. The van der Waals surface area contributed by atoms with Crippen LogP contribution >= 0.6 is 0 Å². The van der Waals surface area contributed by atoms with Gasteiger partial charge in [0.05, 0.1) is 0 Å². The van der Waals surface area contributed by atoms with Gasteiger partial charge in [0.25, 0.3) is 11.8 Å². The lowest BCUT2D eigenvalue weighted by molar-refractivity contribution is 0.0972. The second-order valence-corrected chi connectivity index (χ2v) is 9.52. The van der Waals surface area contributed by atoms with E-state index in [0.717, 1.165) is 29.7 Å². The van der Waals surface area contributed by atoms with E-state index >= 15 is 0 Å². The number of benzene rings is 4. The average Bonchev–Trinajstić information content (AvgIpc) is 3.12. The van der Waals surface area contributed by atoms with Gasteiger partial charge in [-0.3, -0.25) is 14.5 Å². The lowest BCUT2D eigenvalue weighted by Gasteiger charge is -2.32. The SMILES string of the molecule is Cc1ccccc1C(=O)Nc1ccc(C(=O)N2c3ccccc3CCCC2NC(=O)Nc2ccccc2)cc1. The van der Waals surface area contributed by atoms with Crippen LogP contribution in [0.1, 0.15) is 44.7 Å². The topological polar surface area (TPSA) is 90.5 Å². The van der Waals surface area contributed by atoms with Crippen LogP contribution in [0.5, 0.6) is 0 Å². The van der Waals surface area contributed by atoms with Gasteiger partial charge >= 0.3 is 6.03 Å². The second kappa shape index (κ2) is 11.6. The number of urea groups is 1. The molecule has 4 amide bonds. The zero-order valence-electron chi connectivity index (χ0n) is 21.7. The molecular weight excluding hydrogens is 488 g/mol. The second-order valence-electron chi connectivity index (χ2n) is 9.52. The summed E-state index contributed by atoms with van der Waals surface area (Å²) in [4.78, 5) is 41.2. The van der Waals surface area contributed by atoms with Crippen molar-refractivity contribution >= 4 is 34.9 Å². The van der Waals surface area contributed by atoms with Crippen LogP contribution in [0.2, 0.25) is 0 Å². The Kier molecular flexibility index (Phi) is 7.68. The summed E-state index contributed by atoms with van der Waals surface area (Å²) in [7, 11) is 0. The van der Waals surface area contributed by atoms with Crippen molar-refractivity contribution in [2.75, 3.05) is 15.5 Å². The molecular formula is C32H30N4O3. The summed E-state index contributed by atoms with van der Waals surface area (Å²) in [6, 6.07) is 30.8. The molecule has 1 aliphatic rings. The molecule has 1 heterocycles. The lowest BCUT2D eigenvalue weighted by Crippen LogP contribution is -2.52. The molecule has 0 bridgehead atoms. The maximum Gasteiger partial charge on any atom is 0.320 e. The number of amides is 4. The van der Waals surface area contributed by atoms with Crippen LogP contribution in [0.25, 0.3) is 0 Å². The van der Waals surface area contributed by atoms with Crippen molar-refractivity contribution < 1.29 is 14.4 Å². The minimum Gasteiger partial charge on any atom is -0.322 e. The molecule has 0 fully saturated rings. The summed E-state index contributed by atoms with van der Waals surface area (Å²) in [6.07, 6.45) is 1.70. The molecule has 4 aromatic rings. The van der Waals surface area contributed by atoms with Gasteiger partial charge in [0.2, 0.25) is 0 Å². The minimum absolute atomic E-state index is 0.206. The van der Waals surface area contributed by atoms with Crippen LogP contribution in [-0.4, -0.2) is 24.0 Å². The van der Waals surface area contributed by atoms with Crippen molar-refractivity contribution in [2.24, 2.45) is 0 Å². The largest absolute Gasteiger partial charge is 0.322 e. The lowest BCUT2D eigenvalue weighted by atomic mass is 10.1. The highest BCUT2D eigenvalue weighted by molar-refractivity contribution is 6.08. The van der Waals surface area contributed by atoms with E-state index in [4.69, 9.17) is 0 Å². The highest BCUT2D eigenvalue weighted by atomic mass is 16.2. The van der Waals surface area contributed by atoms with Crippen molar-refractivity contribution in [1.82, 2.24) is 5.32 Å². The van der Waals surface area contributed by atoms with Crippen LogP contribution < -0.4 is 20.9 Å². The Morgan fingerprint density at radius 3 is 2.18 bits per heavy atom. The van der Waals surface area contributed by atoms with Gasteiger partial charge in [0.1, 0.15) is 6.17 Å². The number of fused-ring (bicyclic) bond motifs is 1. The molecule has 5 rings (SSSR count). The van der Waals surface area contributed by atoms with Crippen LogP contribution in [0, 0.1) is 6.92 Å². The van der Waals surface area contributed by atoms with Crippen molar-refractivity contribution in [3.63, 3.8) is 0 Å². The van der Waals surface area contributed by atoms with E-state index in [1.54, 1.807) is 35.2 Å². The minimum atomic E-state index is -0.537. The normalized spacial score (nSPS) is 14.5. The van der Waals surface area contributed by atoms with E-state index in [1.165, 1.54) is 0 Å². The summed E-state index contributed by atoms with van der Waals surface area (Å²) in [5.41, 5.74) is 5.04. The predicted molar refractivity (Wildman–Crippen MR) is 154 cm³/mol. The first-order valence-electron chi connectivity index (χ1n) is 13.0. The molecule has 1 atom stereocenters. The van der Waals surface area contributed by atoms with Gasteiger partial charge in [-0.15, -0.1) is 0 Å². The monoisotopic (exact) mass is 518 g/mol. The fourth-order valence-corrected chi connectivity index (χ4v) is 4.83. The number of para-hydroxylation sites is 2. The Labute approximate surface area is 227 Å². The number of hydrogen-bond donors (Lipinski definition) is 3. The number of rotatable bonds is 5. The standard InChI is InChI=1S/C32H30N4O3/c1-22-10-5-7-15-27(22)30(37)33-26-20-18-24(19-21-26)31(38)36-28-16-8-6-11-23(28)12-9-17-29(36)35-32(39)34-25-13-3-2-4-14-25/h2-8,10-11,13-16,18-21,29H,9,12,17H2,1H3,(H,33,37)(H2,34,35,39). The molecule has 0 radical (unpaired) electrons. The van der Waals surface area contributed by atoms with Crippen LogP contribution in [0.15, 0.2) is 103 Å². The van der Waals surface area contributed by atoms with E-state index in [0.29, 0.717) is 28.9 Å². The third-order valence-corrected chi connectivity index (χ3v) is 6.81. The summed E-state index contributed by atoms with van der Waals surface area (Å²) >= 11 is 0. The molecule has 0 spiro atoms. The van der Waals surface area contributed by atoms with Crippen LogP contribution in [0.3, 0.4) is 0 Å². The number of hydrogen-bond acceptors (Lipinski definition) is 3. The van der Waals surface area contributed by atoms with E-state index in [2.05, 4.69) is 16.0 Å². The maximum atomic E-state index is 13.9. The molecule has 0 saturated heterocycles.